The van der Waals surface area contributed by atoms with E-state index in [0.717, 1.165) is 6.20 Å². The van der Waals surface area contributed by atoms with Crippen LogP contribution in [0.2, 0.25) is 0 Å². The van der Waals surface area contributed by atoms with Gasteiger partial charge in [0.15, 0.2) is 5.57 Å². The van der Waals surface area contributed by atoms with E-state index in [-0.39, 0.29) is 22.9 Å². The van der Waals surface area contributed by atoms with Crippen LogP contribution in [0.4, 0.5) is 11.4 Å². The summed E-state index contributed by atoms with van der Waals surface area (Å²) in [6, 6.07) is 4.30. The Morgan fingerprint density at radius 2 is 1.83 bits per heavy atom. The minimum Gasteiger partial charge on any atom is -0.506 e. The van der Waals surface area contributed by atoms with Gasteiger partial charge in [0, 0.05) is 32.7 Å². The van der Waals surface area contributed by atoms with Crippen LogP contribution in [-0.4, -0.2) is 28.7 Å². The van der Waals surface area contributed by atoms with Crippen LogP contribution in [0.3, 0.4) is 0 Å². The van der Waals surface area contributed by atoms with Gasteiger partial charge in [-0.15, -0.1) is 0 Å². The van der Waals surface area contributed by atoms with Crippen molar-refractivity contribution in [1.82, 2.24) is 0 Å². The average molecular weight is 320 g/mol. The molecule has 1 heterocycles. The number of aromatic hydroxyl groups is 1. The van der Waals surface area contributed by atoms with Crippen LogP contribution in [0.5, 0.6) is 5.75 Å². The molecule has 0 aliphatic carbocycles. The van der Waals surface area contributed by atoms with E-state index in [1.165, 1.54) is 39.0 Å². The molecule has 23 heavy (non-hydrogen) atoms. The van der Waals surface area contributed by atoms with Crippen LogP contribution < -0.4 is 10.6 Å². The van der Waals surface area contributed by atoms with Crippen LogP contribution >= 0.6 is 0 Å². The molecule has 1 aromatic rings. The van der Waals surface area contributed by atoms with E-state index in [4.69, 9.17) is 9.47 Å². The highest BCUT2D eigenvalue weighted by molar-refractivity contribution is 6.15. The Hall–Kier alpha value is -3.03. The average Bonchev–Trinajstić information content (AvgIpc) is 2.39. The van der Waals surface area contributed by atoms with E-state index in [1.54, 1.807) is 0 Å². The van der Waals surface area contributed by atoms with Crippen molar-refractivity contribution in [1.29, 1.82) is 0 Å². The Morgan fingerprint density at radius 1 is 1.22 bits per heavy atom. The van der Waals surface area contributed by atoms with E-state index in [1.807, 2.05) is 0 Å². The number of nitrogens with one attached hydrogen (secondary N) is 2. The number of carbonyl (C=O) groups is 3. The Morgan fingerprint density at radius 3 is 2.39 bits per heavy atom. The summed E-state index contributed by atoms with van der Waals surface area (Å²) in [7, 11) is 0. The first kappa shape index (κ1) is 16.3. The molecule has 0 radical (unpaired) electrons. The minimum atomic E-state index is -1.30. The maximum atomic E-state index is 11.8. The maximum Gasteiger partial charge on any atom is 0.350 e. The Labute approximate surface area is 132 Å². The summed E-state index contributed by atoms with van der Waals surface area (Å²) in [5.41, 5.74) is 0.332. The highest BCUT2D eigenvalue weighted by Gasteiger charge is 2.38. The van der Waals surface area contributed by atoms with Crippen molar-refractivity contribution >= 4 is 29.2 Å². The van der Waals surface area contributed by atoms with Crippen molar-refractivity contribution in [2.45, 2.75) is 26.6 Å². The van der Waals surface area contributed by atoms with Crippen molar-refractivity contribution in [3.63, 3.8) is 0 Å². The molecule has 0 saturated carbocycles. The van der Waals surface area contributed by atoms with Gasteiger partial charge in [-0.3, -0.25) is 4.79 Å². The predicted octanol–water partition coefficient (Wildman–Crippen LogP) is 1.48. The Bertz CT molecular complexity index is 686. The first-order valence-electron chi connectivity index (χ1n) is 6.72. The molecule has 1 fully saturated rings. The molecule has 0 aromatic heterocycles. The maximum absolute atomic E-state index is 11.8. The molecule has 3 N–H and O–H groups in total. The number of hydrogen-bond donors (Lipinski definition) is 3. The second kappa shape index (κ2) is 5.99. The number of ether oxygens (including phenoxy) is 2. The molecular formula is C15H16N2O6. The molecule has 1 saturated heterocycles. The van der Waals surface area contributed by atoms with Crippen LogP contribution in [0, 0.1) is 0 Å². The summed E-state index contributed by atoms with van der Waals surface area (Å²) < 4.78 is 9.91. The number of benzene rings is 1. The van der Waals surface area contributed by atoms with E-state index in [9.17, 15) is 19.5 Å². The monoisotopic (exact) mass is 320 g/mol. The first-order chi connectivity index (χ1) is 10.7. The van der Waals surface area contributed by atoms with Gasteiger partial charge in [-0.05, 0) is 18.2 Å². The number of anilines is 2. The lowest BCUT2D eigenvalue weighted by molar-refractivity contribution is -0.222. The van der Waals surface area contributed by atoms with Gasteiger partial charge in [0.2, 0.25) is 5.91 Å². The summed E-state index contributed by atoms with van der Waals surface area (Å²) in [6.45, 7) is 4.21. The molecule has 0 spiro atoms. The predicted molar refractivity (Wildman–Crippen MR) is 80.4 cm³/mol. The van der Waals surface area contributed by atoms with E-state index in [0.29, 0.717) is 5.69 Å². The van der Waals surface area contributed by atoms with Crippen molar-refractivity contribution < 1.29 is 29.0 Å². The lowest BCUT2D eigenvalue weighted by Gasteiger charge is -2.29. The molecule has 1 aliphatic rings. The topological polar surface area (TPSA) is 114 Å². The SMILES string of the molecule is CC(=O)Nc1cc(NC=C2C(=O)OC(C)(C)OC2=O)ccc1O. The number of cyclic esters (lactones) is 2. The number of phenols is 1. The smallest absolute Gasteiger partial charge is 0.350 e. The molecule has 1 aromatic carbocycles. The highest BCUT2D eigenvalue weighted by Crippen LogP contribution is 2.27. The van der Waals surface area contributed by atoms with Gasteiger partial charge < -0.3 is 25.2 Å². The summed E-state index contributed by atoms with van der Waals surface area (Å²) >= 11 is 0. The molecule has 1 aliphatic heterocycles. The zero-order valence-electron chi connectivity index (χ0n) is 12.8. The fourth-order valence-corrected chi connectivity index (χ4v) is 1.85. The number of esters is 2. The van der Waals surface area contributed by atoms with Gasteiger partial charge in [0.1, 0.15) is 5.75 Å². The minimum absolute atomic E-state index is 0.114. The third-order valence-electron chi connectivity index (χ3n) is 2.81. The van der Waals surface area contributed by atoms with Gasteiger partial charge in [0.05, 0.1) is 5.69 Å². The number of hydrogen-bond acceptors (Lipinski definition) is 7. The molecule has 2 rings (SSSR count). The zero-order valence-corrected chi connectivity index (χ0v) is 12.8. The quantitative estimate of drug-likeness (QED) is 0.254. The molecule has 0 atom stereocenters. The number of phenolic OH excluding ortho intramolecular Hbond substituents is 1. The highest BCUT2D eigenvalue weighted by atomic mass is 16.7. The van der Waals surface area contributed by atoms with Gasteiger partial charge >= 0.3 is 11.9 Å². The van der Waals surface area contributed by atoms with Gasteiger partial charge in [-0.25, -0.2) is 9.59 Å². The molecule has 8 heteroatoms. The molecule has 122 valence electrons. The fraction of sp³-hybridized carbons (Fsp3) is 0.267. The lowest BCUT2D eigenvalue weighted by Crippen LogP contribution is -2.42. The Kier molecular flexibility index (Phi) is 4.26. The summed E-state index contributed by atoms with van der Waals surface area (Å²) in [6.07, 6.45) is 1.14. The lowest BCUT2D eigenvalue weighted by atomic mass is 10.2. The van der Waals surface area contributed by atoms with Crippen LogP contribution in [0.1, 0.15) is 20.8 Å². The molecular weight excluding hydrogens is 304 g/mol. The largest absolute Gasteiger partial charge is 0.506 e. The standard InChI is InChI=1S/C15H16N2O6/c1-8(18)17-11-6-9(4-5-12(11)19)16-7-10-13(20)22-15(2,3)23-14(10)21/h4-7,16,19H,1-3H3,(H,17,18). The van der Waals surface area contributed by atoms with Gasteiger partial charge in [-0.2, -0.15) is 0 Å². The third-order valence-corrected chi connectivity index (χ3v) is 2.81. The van der Waals surface area contributed by atoms with Crippen molar-refractivity contribution in [3.05, 3.63) is 30.0 Å². The summed E-state index contributed by atoms with van der Waals surface area (Å²) in [4.78, 5) is 34.6. The number of amides is 1. The Balaban J connectivity index is 2.18. The normalized spacial score (nSPS) is 16.2. The molecule has 0 unspecified atom stereocenters. The van der Waals surface area contributed by atoms with Crippen molar-refractivity contribution in [2.75, 3.05) is 10.6 Å². The summed E-state index contributed by atoms with van der Waals surface area (Å²) in [5, 5.41) is 14.8. The molecule has 8 nitrogen and oxygen atoms in total. The first-order valence-corrected chi connectivity index (χ1v) is 6.72. The molecule has 0 bridgehead atoms. The number of rotatable bonds is 3. The van der Waals surface area contributed by atoms with E-state index in [2.05, 4.69) is 10.6 Å². The van der Waals surface area contributed by atoms with Crippen LogP contribution in [0.25, 0.3) is 0 Å². The van der Waals surface area contributed by atoms with Gasteiger partial charge in [-0.1, -0.05) is 0 Å². The fourth-order valence-electron chi connectivity index (χ4n) is 1.85. The second-order valence-corrected chi connectivity index (χ2v) is 5.29. The van der Waals surface area contributed by atoms with Crippen LogP contribution in [0.15, 0.2) is 30.0 Å². The van der Waals surface area contributed by atoms with Crippen molar-refractivity contribution in [2.24, 2.45) is 0 Å². The zero-order chi connectivity index (χ0) is 17.2. The van der Waals surface area contributed by atoms with E-state index < -0.39 is 17.7 Å². The third kappa shape index (κ3) is 4.00. The van der Waals surface area contributed by atoms with Gasteiger partial charge in [0.25, 0.3) is 5.79 Å². The number of carbonyl (C=O) groups excluding carboxylic acids is 3. The summed E-state index contributed by atoms with van der Waals surface area (Å²) in [5.74, 6) is -3.38. The van der Waals surface area contributed by atoms with Crippen molar-refractivity contribution in [3.8, 4) is 5.75 Å². The van der Waals surface area contributed by atoms with E-state index >= 15 is 0 Å². The van der Waals surface area contributed by atoms with Crippen LogP contribution in [-0.2, 0) is 23.9 Å². The molecule has 1 amide bonds. The second-order valence-electron chi connectivity index (χ2n) is 5.29.